The van der Waals surface area contributed by atoms with E-state index in [0.717, 1.165) is 29.7 Å². The second-order valence-electron chi connectivity index (χ2n) is 12.5. The standard InChI is InChI=1S/C32H34ClFN2O4/c1-32(2)16-36(26-6-4-3-5-19(33)14-24(26)32)31(40)23-15-22(23)20-10-11-25(34)28-21(20)9-7-17(29(28)38)13-18-8-12-27(37)35-30(18)39/h5-6,10-11,14,17-18,22-23H,3-4,7-9,12-13,15-16H2,1-2H3,(H,35,37,39)/b19-5?,24-14+,26-6+/t17?,18-,22+,23-/m1/s1. The van der Waals surface area contributed by atoms with Crippen molar-refractivity contribution in [2.45, 2.75) is 71.1 Å². The summed E-state index contributed by atoms with van der Waals surface area (Å²) in [6, 6.07) is 3.10. The minimum atomic E-state index is -0.541. The summed E-state index contributed by atoms with van der Waals surface area (Å²) in [5.74, 6) is -2.50. The number of amides is 3. The number of nitrogens with zero attached hydrogens (tertiary/aromatic N) is 1. The number of carbonyl (C=O) groups excluding carboxylic acids is 4. The third-order valence-corrected chi connectivity index (χ3v) is 9.59. The lowest BCUT2D eigenvalue weighted by molar-refractivity contribution is -0.136. The first-order valence-electron chi connectivity index (χ1n) is 14.3. The molecule has 0 aromatic heterocycles. The highest BCUT2D eigenvalue weighted by molar-refractivity contribution is 6.31. The molecule has 0 bridgehead atoms. The Morgan fingerprint density at radius 3 is 2.62 bits per heavy atom. The summed E-state index contributed by atoms with van der Waals surface area (Å²) >= 11 is 6.43. The fraction of sp³-hybridized carbons (Fsp3) is 0.500. The summed E-state index contributed by atoms with van der Waals surface area (Å²) in [5.41, 5.74) is 3.53. The molecule has 1 aromatic rings. The molecule has 5 aliphatic rings. The number of halogens is 2. The Hall–Kier alpha value is -3.06. The molecule has 6 rings (SSSR count). The van der Waals surface area contributed by atoms with Crippen LogP contribution in [0.1, 0.15) is 86.2 Å². The molecule has 1 aromatic carbocycles. The molecule has 2 heterocycles. The van der Waals surface area contributed by atoms with Gasteiger partial charge in [0.05, 0.1) is 5.56 Å². The van der Waals surface area contributed by atoms with E-state index >= 15 is 4.39 Å². The molecular formula is C32H34ClFN2O4. The van der Waals surface area contributed by atoms with Crippen LogP contribution in [0.4, 0.5) is 4.39 Å². The highest BCUT2D eigenvalue weighted by Crippen LogP contribution is 2.54. The van der Waals surface area contributed by atoms with Gasteiger partial charge in [-0.2, -0.15) is 0 Å². The molecular weight excluding hydrogens is 531 g/mol. The molecule has 3 amide bonds. The molecule has 210 valence electrons. The summed E-state index contributed by atoms with van der Waals surface area (Å²) in [4.78, 5) is 53.0. The minimum Gasteiger partial charge on any atom is -0.311 e. The van der Waals surface area contributed by atoms with Crippen molar-refractivity contribution in [3.8, 4) is 0 Å². The van der Waals surface area contributed by atoms with Gasteiger partial charge in [-0.1, -0.05) is 43.7 Å². The van der Waals surface area contributed by atoms with Crippen molar-refractivity contribution in [3.63, 3.8) is 0 Å². The van der Waals surface area contributed by atoms with Gasteiger partial charge in [0.2, 0.25) is 17.7 Å². The predicted molar refractivity (Wildman–Crippen MR) is 149 cm³/mol. The molecule has 6 nitrogen and oxygen atoms in total. The van der Waals surface area contributed by atoms with Crippen molar-refractivity contribution < 1.29 is 23.6 Å². The zero-order valence-electron chi connectivity index (χ0n) is 22.9. The van der Waals surface area contributed by atoms with Crippen LogP contribution in [-0.2, 0) is 20.8 Å². The summed E-state index contributed by atoms with van der Waals surface area (Å²) < 4.78 is 15.1. The van der Waals surface area contributed by atoms with Crippen molar-refractivity contribution in [2.75, 3.05) is 6.54 Å². The lowest BCUT2D eigenvalue weighted by atomic mass is 9.75. The Labute approximate surface area is 238 Å². The third-order valence-electron chi connectivity index (χ3n) is 9.33. The maximum absolute atomic E-state index is 15.1. The van der Waals surface area contributed by atoms with Gasteiger partial charge in [0.1, 0.15) is 5.82 Å². The van der Waals surface area contributed by atoms with Crippen LogP contribution in [0.2, 0.25) is 0 Å². The maximum Gasteiger partial charge on any atom is 0.230 e. The number of hydrogen-bond donors (Lipinski definition) is 1. The third kappa shape index (κ3) is 4.76. The number of Topliss-reactive ketones (excluding diaryl/α,β-unsaturated/α-hetero) is 1. The lowest BCUT2D eigenvalue weighted by Gasteiger charge is -2.29. The van der Waals surface area contributed by atoms with Crippen LogP contribution in [0.15, 0.2) is 46.7 Å². The number of rotatable bonds is 4. The number of allylic oxidation sites excluding steroid dienone is 5. The van der Waals surface area contributed by atoms with Crippen molar-refractivity contribution in [3.05, 3.63) is 69.2 Å². The largest absolute Gasteiger partial charge is 0.311 e. The molecule has 2 saturated heterocycles. The average Bonchev–Trinajstić information content (AvgIpc) is 3.64. The zero-order chi connectivity index (χ0) is 28.3. The molecule has 1 saturated carbocycles. The van der Waals surface area contributed by atoms with Crippen molar-refractivity contribution in [1.82, 2.24) is 10.2 Å². The van der Waals surface area contributed by atoms with E-state index in [1.807, 2.05) is 17.1 Å². The number of fused-ring (bicyclic) bond motifs is 2. The summed E-state index contributed by atoms with van der Waals surface area (Å²) in [6.07, 6.45) is 10.5. The van der Waals surface area contributed by atoms with E-state index < -0.39 is 17.7 Å². The van der Waals surface area contributed by atoms with Gasteiger partial charge in [-0.3, -0.25) is 24.5 Å². The molecule has 3 fully saturated rings. The van der Waals surface area contributed by atoms with E-state index in [0.29, 0.717) is 49.2 Å². The molecule has 1 N–H and O–H groups in total. The van der Waals surface area contributed by atoms with E-state index in [4.69, 9.17) is 11.6 Å². The quantitative estimate of drug-likeness (QED) is 0.475. The van der Waals surface area contributed by atoms with Gasteiger partial charge in [-0.05, 0) is 79.7 Å². The van der Waals surface area contributed by atoms with Gasteiger partial charge < -0.3 is 4.90 Å². The SMILES string of the molecule is CC1(C)CN(C(=O)[C@@H]2C[C@H]2c2ccc(F)c3c2CCC(C[C@H]2CCC(=O)NC2=O)C3=O)C2=C/CCC=C(Cl)/C=C\21. The molecule has 0 spiro atoms. The van der Waals surface area contributed by atoms with Crippen LogP contribution in [0.5, 0.6) is 0 Å². The van der Waals surface area contributed by atoms with Gasteiger partial charge in [0, 0.05) is 46.9 Å². The number of carbonyl (C=O) groups is 4. The number of hydrogen-bond acceptors (Lipinski definition) is 4. The molecule has 3 aliphatic carbocycles. The molecule has 2 aliphatic heterocycles. The van der Waals surface area contributed by atoms with Crippen LogP contribution in [0.3, 0.4) is 0 Å². The van der Waals surface area contributed by atoms with Crippen LogP contribution in [0, 0.1) is 29.0 Å². The monoisotopic (exact) mass is 564 g/mol. The van der Waals surface area contributed by atoms with Gasteiger partial charge in [-0.15, -0.1) is 0 Å². The van der Waals surface area contributed by atoms with Crippen molar-refractivity contribution in [2.24, 2.45) is 23.2 Å². The van der Waals surface area contributed by atoms with Crippen LogP contribution in [-0.4, -0.2) is 34.9 Å². The summed E-state index contributed by atoms with van der Waals surface area (Å²) in [6.45, 7) is 4.84. The van der Waals surface area contributed by atoms with Gasteiger partial charge in [0.15, 0.2) is 5.78 Å². The number of nitrogens with one attached hydrogen (secondary N) is 1. The number of benzene rings is 1. The highest BCUT2D eigenvalue weighted by Gasteiger charge is 2.51. The first kappa shape index (κ1) is 27.1. The van der Waals surface area contributed by atoms with Gasteiger partial charge in [0.25, 0.3) is 0 Å². The molecule has 40 heavy (non-hydrogen) atoms. The highest BCUT2D eigenvalue weighted by atomic mass is 35.5. The second-order valence-corrected chi connectivity index (χ2v) is 13.0. The Kier molecular flexibility index (Phi) is 6.84. The van der Waals surface area contributed by atoms with E-state index in [9.17, 15) is 19.2 Å². The van der Waals surface area contributed by atoms with E-state index in [2.05, 4.69) is 25.2 Å². The van der Waals surface area contributed by atoms with Crippen molar-refractivity contribution in [1.29, 1.82) is 0 Å². The average molecular weight is 565 g/mol. The normalized spacial score (nSPS) is 31.9. The topological polar surface area (TPSA) is 83.6 Å². The van der Waals surface area contributed by atoms with Crippen LogP contribution < -0.4 is 5.32 Å². The Morgan fingerprint density at radius 1 is 1.10 bits per heavy atom. The number of ketones is 1. The fourth-order valence-electron chi connectivity index (χ4n) is 7.10. The second kappa shape index (κ2) is 10.1. The van der Waals surface area contributed by atoms with E-state index in [1.165, 1.54) is 6.07 Å². The Morgan fingerprint density at radius 2 is 1.85 bits per heavy atom. The zero-order valence-corrected chi connectivity index (χ0v) is 23.7. The van der Waals surface area contributed by atoms with Gasteiger partial charge in [-0.25, -0.2) is 4.39 Å². The first-order chi connectivity index (χ1) is 19.0. The number of piperidine rings is 1. The molecule has 4 atom stereocenters. The molecule has 0 radical (unpaired) electrons. The number of likely N-dealkylation sites (tertiary alicyclic amines) is 1. The van der Waals surface area contributed by atoms with Crippen LogP contribution in [0.25, 0.3) is 0 Å². The Bertz CT molecular complexity index is 1420. The minimum absolute atomic E-state index is 0.0462. The molecule has 8 heteroatoms. The fourth-order valence-corrected chi connectivity index (χ4v) is 7.32. The predicted octanol–water partition coefficient (Wildman–Crippen LogP) is 5.71. The Balaban J connectivity index is 1.21. The van der Waals surface area contributed by atoms with E-state index in [-0.39, 0.29) is 52.7 Å². The van der Waals surface area contributed by atoms with Crippen molar-refractivity contribution >= 4 is 35.1 Å². The van der Waals surface area contributed by atoms with E-state index in [1.54, 1.807) is 6.07 Å². The van der Waals surface area contributed by atoms with Crippen LogP contribution >= 0.6 is 11.6 Å². The van der Waals surface area contributed by atoms with Gasteiger partial charge >= 0.3 is 0 Å². The first-order valence-corrected chi connectivity index (χ1v) is 14.7. The molecule has 1 unspecified atom stereocenters. The smallest absolute Gasteiger partial charge is 0.230 e. The maximum atomic E-state index is 15.1. The number of imide groups is 1. The summed E-state index contributed by atoms with van der Waals surface area (Å²) in [5, 5.41) is 3.05. The lowest BCUT2D eigenvalue weighted by Crippen LogP contribution is -2.42. The summed E-state index contributed by atoms with van der Waals surface area (Å²) in [7, 11) is 0.